The second kappa shape index (κ2) is 6.37. The molecule has 0 bridgehead atoms. The molecular weight excluding hydrogens is 246 g/mol. The molecule has 0 unspecified atom stereocenters. The summed E-state index contributed by atoms with van der Waals surface area (Å²) >= 11 is 6.09. The number of anilines is 1. The predicted molar refractivity (Wildman–Crippen MR) is 76.2 cm³/mol. The van der Waals surface area contributed by atoms with Gasteiger partial charge in [0.25, 0.3) is 0 Å². The Balaban J connectivity index is 1.84. The molecule has 1 aliphatic carbocycles. The fourth-order valence-electron chi connectivity index (χ4n) is 2.56. The van der Waals surface area contributed by atoms with Crippen LogP contribution < -0.4 is 5.32 Å². The van der Waals surface area contributed by atoms with Crippen molar-refractivity contribution >= 4 is 17.4 Å². The molecule has 18 heavy (non-hydrogen) atoms. The lowest BCUT2D eigenvalue weighted by Crippen LogP contribution is -2.13. The van der Waals surface area contributed by atoms with Gasteiger partial charge in [0.1, 0.15) is 0 Å². The number of halogens is 1. The summed E-state index contributed by atoms with van der Waals surface area (Å²) < 4.78 is 0. The maximum atomic E-state index is 6.09. The lowest BCUT2D eigenvalue weighted by atomic mass is 9.87. The van der Waals surface area contributed by atoms with Gasteiger partial charge in [0.2, 0.25) is 0 Å². The highest BCUT2D eigenvalue weighted by molar-refractivity contribution is 6.31. The summed E-state index contributed by atoms with van der Waals surface area (Å²) in [5, 5.41) is 3.81. The zero-order valence-electron chi connectivity index (χ0n) is 11.3. The van der Waals surface area contributed by atoms with Gasteiger partial charge >= 0.3 is 0 Å². The quantitative estimate of drug-likeness (QED) is 0.891. The molecule has 1 aromatic rings. The van der Waals surface area contributed by atoms with Crippen LogP contribution in [0.4, 0.5) is 5.82 Å². The van der Waals surface area contributed by atoms with E-state index in [0.717, 1.165) is 29.7 Å². The van der Waals surface area contributed by atoms with E-state index in [-0.39, 0.29) is 0 Å². The highest BCUT2D eigenvalue weighted by Crippen LogP contribution is 2.26. The second-order valence-corrected chi connectivity index (χ2v) is 5.61. The lowest BCUT2D eigenvalue weighted by molar-refractivity contribution is 0.345. The van der Waals surface area contributed by atoms with E-state index < -0.39 is 0 Å². The van der Waals surface area contributed by atoms with Crippen LogP contribution >= 0.6 is 11.6 Å². The Morgan fingerprint density at radius 3 is 2.50 bits per heavy atom. The number of rotatable bonds is 4. The van der Waals surface area contributed by atoms with Gasteiger partial charge in [-0.3, -0.25) is 0 Å². The maximum Gasteiger partial charge on any atom is 0.171 e. The first-order valence-corrected chi connectivity index (χ1v) is 7.29. The van der Waals surface area contributed by atoms with Gasteiger partial charge in [0.15, 0.2) is 11.0 Å². The van der Waals surface area contributed by atoms with Crippen molar-refractivity contribution in [1.29, 1.82) is 0 Å². The molecule has 100 valence electrons. The fraction of sp³-hybridized carbons (Fsp3) is 0.714. The van der Waals surface area contributed by atoms with Crippen LogP contribution in [0.3, 0.4) is 0 Å². The van der Waals surface area contributed by atoms with Crippen LogP contribution in [0.2, 0.25) is 5.15 Å². The molecule has 1 saturated carbocycles. The summed E-state index contributed by atoms with van der Waals surface area (Å²) in [5.41, 5.74) is 1.84. The van der Waals surface area contributed by atoms with Gasteiger partial charge in [-0.15, -0.1) is 0 Å². The first-order chi connectivity index (χ1) is 8.66. The summed E-state index contributed by atoms with van der Waals surface area (Å²) in [5.74, 6) is 1.61. The molecule has 0 atom stereocenters. The molecule has 0 saturated heterocycles. The minimum absolute atomic E-state index is 0.488. The summed E-state index contributed by atoms with van der Waals surface area (Å²) in [6.07, 6.45) is 8.19. The van der Waals surface area contributed by atoms with Crippen LogP contribution in [0.15, 0.2) is 0 Å². The van der Waals surface area contributed by atoms with E-state index in [9.17, 15) is 0 Å². The van der Waals surface area contributed by atoms with E-state index in [1.165, 1.54) is 38.5 Å². The number of aryl methyl sites for hydroxylation is 2. The first kappa shape index (κ1) is 13.6. The van der Waals surface area contributed by atoms with E-state index in [1.807, 2.05) is 13.8 Å². The Morgan fingerprint density at radius 2 is 1.78 bits per heavy atom. The SMILES string of the molecule is Cc1nc(Cl)c(NCCC2CCCCC2)nc1C. The molecule has 1 heterocycles. The molecule has 0 aliphatic heterocycles. The zero-order valence-corrected chi connectivity index (χ0v) is 12.1. The molecular formula is C14H22ClN3. The van der Waals surface area contributed by atoms with E-state index >= 15 is 0 Å². The van der Waals surface area contributed by atoms with Crippen molar-refractivity contribution < 1.29 is 0 Å². The number of aromatic nitrogens is 2. The molecule has 4 heteroatoms. The molecule has 3 nitrogen and oxygen atoms in total. The van der Waals surface area contributed by atoms with Crippen LogP contribution in [0.1, 0.15) is 49.9 Å². The summed E-state index contributed by atoms with van der Waals surface area (Å²) in [6, 6.07) is 0. The van der Waals surface area contributed by atoms with Gasteiger partial charge in [-0.05, 0) is 26.2 Å². The summed E-state index contributed by atoms with van der Waals surface area (Å²) in [7, 11) is 0. The Kier molecular flexibility index (Phi) is 4.81. The molecule has 1 aliphatic rings. The Morgan fingerprint density at radius 1 is 1.11 bits per heavy atom. The van der Waals surface area contributed by atoms with Crippen LogP contribution in [-0.2, 0) is 0 Å². The number of nitrogens with zero attached hydrogens (tertiary/aromatic N) is 2. The molecule has 2 rings (SSSR count). The molecule has 1 fully saturated rings. The Bertz CT molecular complexity index is 400. The van der Waals surface area contributed by atoms with Crippen molar-refractivity contribution in [1.82, 2.24) is 9.97 Å². The van der Waals surface area contributed by atoms with E-state index in [2.05, 4.69) is 15.3 Å². The minimum atomic E-state index is 0.488. The molecule has 0 aromatic carbocycles. The van der Waals surface area contributed by atoms with Crippen molar-refractivity contribution in [3.05, 3.63) is 16.5 Å². The monoisotopic (exact) mass is 267 g/mol. The van der Waals surface area contributed by atoms with Gasteiger partial charge in [-0.1, -0.05) is 43.7 Å². The lowest BCUT2D eigenvalue weighted by Gasteiger charge is -2.21. The topological polar surface area (TPSA) is 37.8 Å². The number of hydrogen-bond acceptors (Lipinski definition) is 3. The van der Waals surface area contributed by atoms with Crippen LogP contribution in [0, 0.1) is 19.8 Å². The average molecular weight is 268 g/mol. The molecule has 0 radical (unpaired) electrons. The van der Waals surface area contributed by atoms with Crippen molar-refractivity contribution in [2.45, 2.75) is 52.4 Å². The standard InChI is InChI=1S/C14H22ClN3/c1-10-11(2)18-14(13(15)17-10)16-9-8-12-6-4-3-5-7-12/h12H,3-9H2,1-2H3,(H,16,18). The number of hydrogen-bond donors (Lipinski definition) is 1. The van der Waals surface area contributed by atoms with Crippen molar-refractivity contribution in [3.8, 4) is 0 Å². The largest absolute Gasteiger partial charge is 0.367 e. The highest BCUT2D eigenvalue weighted by Gasteiger charge is 2.13. The normalized spacial score (nSPS) is 16.8. The smallest absolute Gasteiger partial charge is 0.171 e. The third kappa shape index (κ3) is 3.58. The van der Waals surface area contributed by atoms with Crippen LogP contribution in [0.5, 0.6) is 0 Å². The van der Waals surface area contributed by atoms with E-state index in [0.29, 0.717) is 5.15 Å². The Hall–Kier alpha value is -0.830. The van der Waals surface area contributed by atoms with Gasteiger partial charge in [0.05, 0.1) is 11.4 Å². The second-order valence-electron chi connectivity index (χ2n) is 5.25. The maximum absolute atomic E-state index is 6.09. The third-order valence-electron chi connectivity index (χ3n) is 3.83. The van der Waals surface area contributed by atoms with Gasteiger partial charge in [0, 0.05) is 6.54 Å². The molecule has 1 aromatic heterocycles. The van der Waals surface area contributed by atoms with Gasteiger partial charge in [-0.25, -0.2) is 9.97 Å². The zero-order chi connectivity index (χ0) is 13.0. The Labute approximate surface area is 114 Å². The third-order valence-corrected chi connectivity index (χ3v) is 4.10. The fourth-order valence-corrected chi connectivity index (χ4v) is 2.79. The summed E-state index contributed by atoms with van der Waals surface area (Å²) in [6.45, 7) is 4.84. The van der Waals surface area contributed by atoms with Gasteiger partial charge in [-0.2, -0.15) is 0 Å². The highest BCUT2D eigenvalue weighted by atomic mass is 35.5. The van der Waals surface area contributed by atoms with E-state index in [4.69, 9.17) is 11.6 Å². The van der Waals surface area contributed by atoms with Crippen molar-refractivity contribution in [3.63, 3.8) is 0 Å². The number of nitrogens with one attached hydrogen (secondary N) is 1. The molecule has 1 N–H and O–H groups in total. The van der Waals surface area contributed by atoms with Crippen molar-refractivity contribution in [2.75, 3.05) is 11.9 Å². The van der Waals surface area contributed by atoms with Gasteiger partial charge < -0.3 is 5.32 Å². The molecule has 0 amide bonds. The first-order valence-electron chi connectivity index (χ1n) is 6.91. The predicted octanol–water partition coefficient (Wildman–Crippen LogP) is 4.13. The molecule has 0 spiro atoms. The summed E-state index contributed by atoms with van der Waals surface area (Å²) in [4.78, 5) is 8.73. The van der Waals surface area contributed by atoms with E-state index in [1.54, 1.807) is 0 Å². The van der Waals surface area contributed by atoms with Crippen LogP contribution in [0.25, 0.3) is 0 Å². The van der Waals surface area contributed by atoms with Crippen LogP contribution in [-0.4, -0.2) is 16.5 Å². The average Bonchev–Trinajstić information content (AvgIpc) is 2.37. The van der Waals surface area contributed by atoms with Crippen molar-refractivity contribution in [2.24, 2.45) is 5.92 Å². The minimum Gasteiger partial charge on any atom is -0.367 e.